The Labute approximate surface area is 84.7 Å². The first-order valence-corrected chi connectivity index (χ1v) is 4.98. The van der Waals surface area contributed by atoms with E-state index in [1.807, 2.05) is 0 Å². The number of rotatable bonds is 4. The van der Waals surface area contributed by atoms with Crippen LogP contribution in [0.1, 0.15) is 0 Å². The quantitative estimate of drug-likeness (QED) is 0.619. The Kier molecular flexibility index (Phi) is 4.86. The van der Waals surface area contributed by atoms with Gasteiger partial charge >= 0.3 is 0 Å². The van der Waals surface area contributed by atoms with Crippen LogP contribution in [0.3, 0.4) is 0 Å². The molecule has 0 aromatic rings. The van der Waals surface area contributed by atoms with Crippen LogP contribution in [0.4, 0.5) is 0 Å². The van der Waals surface area contributed by atoms with E-state index in [4.69, 9.17) is 0 Å². The molecule has 0 aromatic carbocycles. The van der Waals surface area contributed by atoms with Gasteiger partial charge in [-0.05, 0) is 7.05 Å². The lowest BCUT2D eigenvalue weighted by Gasteiger charge is -2.31. The molecule has 1 heterocycles. The van der Waals surface area contributed by atoms with Crippen LogP contribution < -0.4 is 5.32 Å². The third kappa shape index (κ3) is 4.04. The zero-order valence-electron chi connectivity index (χ0n) is 8.66. The number of piperazine rings is 1. The fourth-order valence-corrected chi connectivity index (χ4v) is 1.46. The van der Waals surface area contributed by atoms with E-state index < -0.39 is 0 Å². The first-order valence-electron chi connectivity index (χ1n) is 4.98. The second-order valence-corrected chi connectivity index (χ2v) is 3.63. The van der Waals surface area contributed by atoms with E-state index in [0.717, 1.165) is 26.2 Å². The third-order valence-electron chi connectivity index (χ3n) is 2.39. The third-order valence-corrected chi connectivity index (χ3v) is 2.39. The molecule has 1 fully saturated rings. The van der Waals surface area contributed by atoms with Crippen LogP contribution in [-0.4, -0.2) is 68.6 Å². The molecule has 0 spiro atoms. The Morgan fingerprint density at radius 2 is 1.93 bits per heavy atom. The van der Waals surface area contributed by atoms with Gasteiger partial charge in [-0.3, -0.25) is 9.69 Å². The summed E-state index contributed by atoms with van der Waals surface area (Å²) in [6.07, 6.45) is 0. The predicted octanol–water partition coefficient (Wildman–Crippen LogP) is -1.22. The molecule has 14 heavy (non-hydrogen) atoms. The molecule has 1 rings (SSSR count). The summed E-state index contributed by atoms with van der Waals surface area (Å²) in [5.41, 5.74) is 0. The molecule has 1 aliphatic rings. The molecule has 0 unspecified atom stereocenters. The van der Waals surface area contributed by atoms with Crippen LogP contribution in [0.15, 0.2) is 0 Å². The largest absolute Gasteiger partial charge is 0.353 e. The van der Waals surface area contributed by atoms with Gasteiger partial charge < -0.3 is 10.2 Å². The monoisotopic (exact) mass is 200 g/mol. The summed E-state index contributed by atoms with van der Waals surface area (Å²) < 4.78 is 0. The van der Waals surface area contributed by atoms with Crippen LogP contribution in [-0.2, 0) is 9.90 Å². The Hall–Kier alpha value is -0.650. The van der Waals surface area contributed by atoms with Crippen molar-refractivity contribution < 1.29 is 9.90 Å². The van der Waals surface area contributed by atoms with E-state index in [1.54, 1.807) is 0 Å². The Morgan fingerprint density at radius 3 is 2.50 bits per heavy atom. The molecule has 0 aromatic heterocycles. The van der Waals surface area contributed by atoms with Gasteiger partial charge in [-0.1, -0.05) is 0 Å². The molecule has 1 N–H and O–H groups in total. The maximum Gasteiger partial charge on any atom is 0.234 e. The van der Waals surface area contributed by atoms with Crippen LogP contribution in [0.2, 0.25) is 0 Å². The van der Waals surface area contributed by atoms with Crippen molar-refractivity contribution in [2.45, 2.75) is 0 Å². The van der Waals surface area contributed by atoms with Gasteiger partial charge in [0.25, 0.3) is 0 Å². The second kappa shape index (κ2) is 5.95. The maximum atomic E-state index is 11.2. The summed E-state index contributed by atoms with van der Waals surface area (Å²) in [4.78, 5) is 15.6. The smallest absolute Gasteiger partial charge is 0.234 e. The maximum absolute atomic E-state index is 11.2. The molecule has 0 aliphatic carbocycles. The summed E-state index contributed by atoms with van der Waals surface area (Å²) in [7, 11) is 2.08. The van der Waals surface area contributed by atoms with E-state index in [2.05, 4.69) is 22.2 Å². The fourth-order valence-electron chi connectivity index (χ4n) is 1.46. The van der Waals surface area contributed by atoms with Crippen molar-refractivity contribution in [2.24, 2.45) is 0 Å². The number of carbonyl (C=O) groups is 1. The molecule has 1 radical (unpaired) electrons. The molecule has 0 atom stereocenters. The number of hydrogen-bond donors (Lipinski definition) is 1. The molecule has 1 saturated heterocycles. The fraction of sp³-hybridized carbons (Fsp3) is 0.889. The van der Waals surface area contributed by atoms with Crippen molar-refractivity contribution in [3.05, 3.63) is 0 Å². The highest BCUT2D eigenvalue weighted by molar-refractivity contribution is 5.77. The first-order chi connectivity index (χ1) is 6.72. The molecular formula is C9H18N3O2. The van der Waals surface area contributed by atoms with E-state index in [9.17, 15) is 9.90 Å². The number of nitrogens with one attached hydrogen (secondary N) is 1. The molecule has 1 aliphatic heterocycles. The average Bonchev–Trinajstić information content (AvgIpc) is 2.18. The minimum Gasteiger partial charge on any atom is -0.353 e. The van der Waals surface area contributed by atoms with Crippen molar-refractivity contribution in [1.82, 2.24) is 15.1 Å². The summed E-state index contributed by atoms with van der Waals surface area (Å²) in [5.74, 6) is -0.0367. The lowest BCUT2D eigenvalue weighted by Crippen LogP contribution is -2.48. The topological polar surface area (TPSA) is 55.5 Å². The highest BCUT2D eigenvalue weighted by Crippen LogP contribution is 1.97. The number of amides is 1. The normalized spacial score (nSPS) is 19.6. The van der Waals surface area contributed by atoms with Gasteiger partial charge in [0.2, 0.25) is 5.91 Å². The Morgan fingerprint density at radius 1 is 1.29 bits per heavy atom. The number of hydrogen-bond acceptors (Lipinski definition) is 3. The Balaban J connectivity index is 2.14. The van der Waals surface area contributed by atoms with E-state index in [-0.39, 0.29) is 19.1 Å². The molecule has 5 nitrogen and oxygen atoms in total. The van der Waals surface area contributed by atoms with E-state index in [0.29, 0.717) is 6.54 Å². The summed E-state index contributed by atoms with van der Waals surface area (Å²) in [6, 6.07) is 0. The lowest BCUT2D eigenvalue weighted by atomic mass is 10.3. The molecule has 1 amide bonds. The van der Waals surface area contributed by atoms with Crippen molar-refractivity contribution in [3.8, 4) is 0 Å². The van der Waals surface area contributed by atoms with Crippen molar-refractivity contribution in [1.29, 1.82) is 0 Å². The average molecular weight is 200 g/mol. The van der Waals surface area contributed by atoms with Crippen LogP contribution in [0, 0.1) is 0 Å². The molecule has 81 valence electrons. The summed E-state index contributed by atoms with van der Waals surface area (Å²) >= 11 is 0. The zero-order chi connectivity index (χ0) is 10.4. The zero-order valence-corrected chi connectivity index (χ0v) is 8.66. The van der Waals surface area contributed by atoms with Gasteiger partial charge in [-0.2, -0.15) is 0 Å². The highest BCUT2D eigenvalue weighted by atomic mass is 16.3. The second-order valence-electron chi connectivity index (χ2n) is 3.63. The predicted molar refractivity (Wildman–Crippen MR) is 52.5 cm³/mol. The van der Waals surface area contributed by atoms with Gasteiger partial charge in [0.05, 0.1) is 13.2 Å². The van der Waals surface area contributed by atoms with Gasteiger partial charge in [0.1, 0.15) is 0 Å². The lowest BCUT2D eigenvalue weighted by molar-refractivity contribution is -0.122. The number of nitrogens with zero attached hydrogens (tertiary/aromatic N) is 2. The van der Waals surface area contributed by atoms with E-state index >= 15 is 0 Å². The van der Waals surface area contributed by atoms with Gasteiger partial charge in [0.15, 0.2) is 0 Å². The van der Waals surface area contributed by atoms with Crippen molar-refractivity contribution in [2.75, 3.05) is 52.9 Å². The minimum atomic E-state index is -0.242. The van der Waals surface area contributed by atoms with Crippen LogP contribution >= 0.6 is 0 Å². The summed E-state index contributed by atoms with van der Waals surface area (Å²) in [6.45, 7) is 4.31. The van der Waals surface area contributed by atoms with Gasteiger partial charge in [-0.15, -0.1) is 0 Å². The highest BCUT2D eigenvalue weighted by Gasteiger charge is 2.15. The molecule has 5 heteroatoms. The van der Waals surface area contributed by atoms with Crippen LogP contribution in [0.25, 0.3) is 0 Å². The molecule has 0 saturated carbocycles. The number of likely N-dealkylation sites (N-methyl/N-ethyl adjacent to an activating group) is 1. The summed E-state index contributed by atoms with van der Waals surface area (Å²) in [5, 5.41) is 12.7. The number of carbonyl (C=O) groups excluding carboxylic acids is 1. The standard InChI is InChI=1S/C9H18N3O2/c1-11-3-5-12(6-4-11)8-9(14)10-2-7-13/h2-8H2,1H3,(H,10,14). The minimum absolute atomic E-state index is 0.0367. The van der Waals surface area contributed by atoms with E-state index in [1.165, 1.54) is 0 Å². The van der Waals surface area contributed by atoms with Crippen molar-refractivity contribution >= 4 is 5.91 Å². The van der Waals surface area contributed by atoms with Gasteiger partial charge in [0, 0.05) is 32.7 Å². The van der Waals surface area contributed by atoms with Crippen molar-refractivity contribution in [3.63, 3.8) is 0 Å². The Bertz CT molecular complexity index is 179. The van der Waals surface area contributed by atoms with Gasteiger partial charge in [-0.25, -0.2) is 5.11 Å². The van der Waals surface area contributed by atoms with Crippen LogP contribution in [0.5, 0.6) is 0 Å². The SMILES string of the molecule is CN1CCN(CC(=O)NCC[O])CC1. The molecule has 0 bridgehead atoms. The first kappa shape index (κ1) is 11.4. The molecular weight excluding hydrogens is 182 g/mol.